The van der Waals surface area contributed by atoms with Crippen LogP contribution in [0.2, 0.25) is 0 Å². The van der Waals surface area contributed by atoms with Crippen LogP contribution in [0.4, 0.5) is 0 Å². The first-order valence-corrected chi connectivity index (χ1v) is 4.09. The number of hydrogen-bond acceptors (Lipinski definition) is 1. The summed E-state index contributed by atoms with van der Waals surface area (Å²) in [6, 6.07) is 1.69. The average molecular weight is 227 g/mol. The molecule has 1 heterocycles. The van der Waals surface area contributed by atoms with Gasteiger partial charge in [0.15, 0.2) is 0 Å². The molecule has 0 atom stereocenters. The predicted octanol–water partition coefficient (Wildman–Crippen LogP) is 1.14. The van der Waals surface area contributed by atoms with Crippen LogP contribution >= 0.6 is 15.9 Å². The first kappa shape index (κ1) is 8.88. The van der Waals surface area contributed by atoms with E-state index in [9.17, 15) is 4.79 Å². The smallest absolute Gasteiger partial charge is 0.253 e. The third kappa shape index (κ3) is 2.14. The number of rotatable bonds is 2. The quantitative estimate of drug-likeness (QED) is 0.731. The van der Waals surface area contributed by atoms with Crippen molar-refractivity contribution in [1.82, 2.24) is 10.3 Å². The maximum Gasteiger partial charge on any atom is 0.253 e. The largest absolute Gasteiger partial charge is 0.355 e. The molecule has 0 saturated heterocycles. The summed E-state index contributed by atoms with van der Waals surface area (Å²) < 4.78 is 0.772. The molecular weight excluding hydrogens is 220 g/mol. The van der Waals surface area contributed by atoms with Crippen molar-refractivity contribution in [3.8, 4) is 12.3 Å². The Morgan fingerprint density at radius 2 is 2.58 bits per heavy atom. The van der Waals surface area contributed by atoms with Crippen LogP contribution in [-0.2, 0) is 0 Å². The van der Waals surface area contributed by atoms with Gasteiger partial charge < -0.3 is 10.3 Å². The minimum atomic E-state index is -0.171. The van der Waals surface area contributed by atoms with Gasteiger partial charge >= 0.3 is 0 Å². The van der Waals surface area contributed by atoms with E-state index in [1.54, 1.807) is 12.3 Å². The Labute approximate surface area is 78.7 Å². The molecule has 2 N–H and O–H groups in total. The first-order chi connectivity index (χ1) is 5.74. The van der Waals surface area contributed by atoms with E-state index in [2.05, 4.69) is 32.2 Å². The molecule has 0 aliphatic rings. The van der Waals surface area contributed by atoms with Gasteiger partial charge in [0.25, 0.3) is 5.91 Å². The number of carbonyl (C=O) groups excluding carboxylic acids is 1. The van der Waals surface area contributed by atoms with Gasteiger partial charge in [0, 0.05) is 6.20 Å². The highest BCUT2D eigenvalue weighted by molar-refractivity contribution is 9.10. The Bertz CT molecular complexity index is 324. The maximum atomic E-state index is 11.2. The van der Waals surface area contributed by atoms with Crippen molar-refractivity contribution >= 4 is 21.8 Å². The monoisotopic (exact) mass is 226 g/mol. The van der Waals surface area contributed by atoms with Crippen LogP contribution in [0.15, 0.2) is 16.9 Å². The second kappa shape index (κ2) is 3.98. The van der Waals surface area contributed by atoms with Gasteiger partial charge in [0.1, 0.15) is 0 Å². The van der Waals surface area contributed by atoms with Crippen molar-refractivity contribution in [2.75, 3.05) is 6.54 Å². The summed E-state index contributed by atoms with van der Waals surface area (Å²) in [5.41, 5.74) is 0.567. The van der Waals surface area contributed by atoms with Crippen molar-refractivity contribution in [2.45, 2.75) is 0 Å². The van der Waals surface area contributed by atoms with Gasteiger partial charge in [-0.25, -0.2) is 0 Å². The minimum absolute atomic E-state index is 0.171. The molecular formula is C8H7BrN2O. The molecule has 1 rings (SSSR count). The molecule has 62 valence electrons. The Hall–Kier alpha value is -1.21. The maximum absolute atomic E-state index is 11.2. The first-order valence-electron chi connectivity index (χ1n) is 3.29. The van der Waals surface area contributed by atoms with Gasteiger partial charge in [-0.2, -0.15) is 0 Å². The predicted molar refractivity (Wildman–Crippen MR) is 49.7 cm³/mol. The van der Waals surface area contributed by atoms with Crippen molar-refractivity contribution < 1.29 is 4.79 Å². The molecule has 0 saturated carbocycles. The topological polar surface area (TPSA) is 44.9 Å². The lowest BCUT2D eigenvalue weighted by Gasteiger charge is -1.95. The fourth-order valence-corrected chi connectivity index (χ4v) is 1.09. The van der Waals surface area contributed by atoms with Gasteiger partial charge in [0.05, 0.1) is 16.7 Å². The van der Waals surface area contributed by atoms with Crippen LogP contribution in [0.25, 0.3) is 0 Å². The minimum Gasteiger partial charge on any atom is -0.355 e. The highest BCUT2D eigenvalue weighted by Gasteiger charge is 2.04. The highest BCUT2D eigenvalue weighted by atomic mass is 79.9. The molecule has 0 aromatic carbocycles. The van der Waals surface area contributed by atoms with Crippen molar-refractivity contribution in [3.05, 3.63) is 22.4 Å². The number of amides is 1. The molecule has 12 heavy (non-hydrogen) atoms. The molecule has 0 fully saturated rings. The summed E-state index contributed by atoms with van der Waals surface area (Å²) in [5, 5.41) is 2.55. The number of aromatic nitrogens is 1. The van der Waals surface area contributed by atoms with Crippen LogP contribution in [0.3, 0.4) is 0 Å². The SMILES string of the molecule is C#CCNC(=O)c1c[nH]c(Br)c1. The van der Waals surface area contributed by atoms with Gasteiger partial charge in [-0.1, -0.05) is 5.92 Å². The molecule has 4 heteroatoms. The van der Waals surface area contributed by atoms with E-state index in [0.29, 0.717) is 5.56 Å². The summed E-state index contributed by atoms with van der Waals surface area (Å²) >= 11 is 3.19. The van der Waals surface area contributed by atoms with Crippen molar-refractivity contribution in [1.29, 1.82) is 0 Å². The lowest BCUT2D eigenvalue weighted by Crippen LogP contribution is -2.22. The van der Waals surface area contributed by atoms with E-state index in [1.165, 1.54) is 0 Å². The van der Waals surface area contributed by atoms with Crippen molar-refractivity contribution in [2.24, 2.45) is 0 Å². The molecule has 0 bridgehead atoms. The van der Waals surface area contributed by atoms with Gasteiger partial charge in [-0.05, 0) is 22.0 Å². The van der Waals surface area contributed by atoms with E-state index in [0.717, 1.165) is 4.60 Å². The Kier molecular flexibility index (Phi) is 2.94. The van der Waals surface area contributed by atoms with E-state index in [1.807, 2.05) is 0 Å². The van der Waals surface area contributed by atoms with Crippen molar-refractivity contribution in [3.63, 3.8) is 0 Å². The van der Waals surface area contributed by atoms with Crippen LogP contribution in [-0.4, -0.2) is 17.4 Å². The third-order valence-corrected chi connectivity index (χ3v) is 1.72. The van der Waals surface area contributed by atoms with Gasteiger partial charge in [0.2, 0.25) is 0 Å². The Balaban J connectivity index is 2.61. The standard InChI is InChI=1S/C8H7BrN2O/c1-2-3-10-8(12)6-4-7(9)11-5-6/h1,4-5,11H,3H2,(H,10,12). The number of aromatic amines is 1. The number of nitrogens with one attached hydrogen (secondary N) is 2. The fraction of sp³-hybridized carbons (Fsp3) is 0.125. The Morgan fingerprint density at radius 3 is 3.08 bits per heavy atom. The number of hydrogen-bond donors (Lipinski definition) is 2. The summed E-state index contributed by atoms with van der Waals surface area (Å²) in [7, 11) is 0. The highest BCUT2D eigenvalue weighted by Crippen LogP contribution is 2.08. The van der Waals surface area contributed by atoms with E-state index >= 15 is 0 Å². The molecule has 0 unspecified atom stereocenters. The molecule has 3 nitrogen and oxygen atoms in total. The molecule has 0 spiro atoms. The van der Waals surface area contributed by atoms with E-state index in [-0.39, 0.29) is 12.5 Å². The van der Waals surface area contributed by atoms with Gasteiger partial charge in [-0.3, -0.25) is 4.79 Å². The molecule has 1 aromatic heterocycles. The number of carbonyl (C=O) groups is 1. The second-order valence-electron chi connectivity index (χ2n) is 2.12. The number of H-pyrrole nitrogens is 1. The second-order valence-corrected chi connectivity index (χ2v) is 2.98. The Morgan fingerprint density at radius 1 is 1.83 bits per heavy atom. The fourth-order valence-electron chi connectivity index (χ4n) is 0.731. The van der Waals surface area contributed by atoms with E-state index in [4.69, 9.17) is 6.42 Å². The third-order valence-electron chi connectivity index (χ3n) is 1.26. The summed E-state index contributed by atoms with van der Waals surface area (Å²) in [4.78, 5) is 14.0. The molecule has 0 radical (unpaired) electrons. The average Bonchev–Trinajstić information content (AvgIpc) is 2.47. The number of halogens is 1. The number of terminal acetylenes is 1. The molecule has 0 aliphatic heterocycles. The normalized spacial score (nSPS) is 9.00. The molecule has 0 aliphatic carbocycles. The molecule has 1 aromatic rings. The summed E-state index contributed by atoms with van der Waals surface area (Å²) in [6.45, 7) is 0.252. The van der Waals surface area contributed by atoms with Gasteiger partial charge in [-0.15, -0.1) is 6.42 Å². The zero-order chi connectivity index (χ0) is 8.97. The van der Waals surface area contributed by atoms with E-state index < -0.39 is 0 Å². The zero-order valence-electron chi connectivity index (χ0n) is 6.23. The van der Waals surface area contributed by atoms with Crippen LogP contribution in [0, 0.1) is 12.3 Å². The lowest BCUT2D eigenvalue weighted by atomic mass is 10.3. The lowest BCUT2D eigenvalue weighted by molar-refractivity contribution is 0.0959. The van der Waals surface area contributed by atoms with Crippen LogP contribution < -0.4 is 5.32 Å². The van der Waals surface area contributed by atoms with Crippen LogP contribution in [0.1, 0.15) is 10.4 Å². The van der Waals surface area contributed by atoms with Crippen LogP contribution in [0.5, 0.6) is 0 Å². The summed E-state index contributed by atoms with van der Waals surface area (Å²) in [6.07, 6.45) is 6.59. The zero-order valence-corrected chi connectivity index (χ0v) is 7.81. The molecule has 1 amide bonds. The summed E-state index contributed by atoms with van der Waals surface area (Å²) in [5.74, 6) is 2.15.